The van der Waals surface area contributed by atoms with Crippen LogP contribution in [0.25, 0.3) is 0 Å². The summed E-state index contributed by atoms with van der Waals surface area (Å²) < 4.78 is 13.4. The molecule has 19 heavy (non-hydrogen) atoms. The van der Waals surface area contributed by atoms with E-state index in [1.165, 1.54) is 18.2 Å². The largest absolute Gasteiger partial charge is 0.330 e. The summed E-state index contributed by atoms with van der Waals surface area (Å²) in [6.45, 7) is 0.481. The quantitative estimate of drug-likeness (QED) is 0.871. The Balaban J connectivity index is 2.07. The highest BCUT2D eigenvalue weighted by Gasteiger charge is 2.37. The van der Waals surface area contributed by atoms with Crippen LogP contribution in [0.5, 0.6) is 0 Å². The molecular weight excluding hydrogens is 245 g/mol. The zero-order valence-electron chi connectivity index (χ0n) is 10.6. The molecule has 1 aliphatic rings. The van der Waals surface area contributed by atoms with E-state index in [1.54, 1.807) is 6.07 Å². The second kappa shape index (κ2) is 5.37. The minimum absolute atomic E-state index is 0.107. The number of nitriles is 1. The Morgan fingerprint density at radius 2 is 2.26 bits per heavy atom. The fraction of sp³-hybridized carbons (Fsp3) is 0.429. The number of carbonyl (C=O) groups is 1. The second-order valence-corrected chi connectivity index (χ2v) is 5.06. The zero-order chi connectivity index (χ0) is 13.9. The maximum atomic E-state index is 13.4. The highest BCUT2D eigenvalue weighted by atomic mass is 19.1. The molecule has 0 radical (unpaired) electrons. The molecular formula is C14H16FN3O. The van der Waals surface area contributed by atoms with Crippen LogP contribution >= 0.6 is 0 Å². The van der Waals surface area contributed by atoms with E-state index >= 15 is 0 Å². The Bertz CT molecular complexity index is 526. The van der Waals surface area contributed by atoms with E-state index < -0.39 is 5.82 Å². The third-order valence-corrected chi connectivity index (χ3v) is 3.78. The smallest absolute Gasteiger partial charge is 0.225 e. The molecule has 1 saturated carbocycles. The lowest BCUT2D eigenvalue weighted by Gasteiger charge is -2.40. The van der Waals surface area contributed by atoms with Gasteiger partial charge in [0.15, 0.2) is 0 Å². The van der Waals surface area contributed by atoms with Gasteiger partial charge >= 0.3 is 0 Å². The number of amides is 1. The standard InChI is InChI=1S/C14H16FN3O/c15-11-3-1-4-12(10(11)8-16)18-13(19)7-14(9-17)5-2-6-14/h1,3-4H,2,5-7,9,17H2,(H,18,19). The number of hydrogen-bond donors (Lipinski definition) is 2. The normalized spacial score (nSPS) is 16.3. The van der Waals surface area contributed by atoms with Crippen LogP contribution in [0.1, 0.15) is 31.2 Å². The summed E-state index contributed by atoms with van der Waals surface area (Å²) >= 11 is 0. The van der Waals surface area contributed by atoms with Crippen LogP contribution < -0.4 is 11.1 Å². The molecule has 0 bridgehead atoms. The van der Waals surface area contributed by atoms with E-state index in [0.717, 1.165) is 19.3 Å². The zero-order valence-corrected chi connectivity index (χ0v) is 10.6. The summed E-state index contributed by atoms with van der Waals surface area (Å²) in [6, 6.07) is 5.94. The lowest BCUT2D eigenvalue weighted by molar-refractivity contribution is -0.119. The van der Waals surface area contributed by atoms with E-state index in [0.29, 0.717) is 13.0 Å². The van der Waals surface area contributed by atoms with Gasteiger partial charge in [0.2, 0.25) is 5.91 Å². The van der Waals surface area contributed by atoms with Crippen molar-refractivity contribution in [2.24, 2.45) is 11.1 Å². The molecule has 0 spiro atoms. The number of halogens is 1. The summed E-state index contributed by atoms with van der Waals surface area (Å²) in [5.41, 5.74) is 5.68. The third kappa shape index (κ3) is 2.74. The Morgan fingerprint density at radius 1 is 1.53 bits per heavy atom. The minimum atomic E-state index is -0.627. The van der Waals surface area contributed by atoms with Gasteiger partial charge < -0.3 is 11.1 Å². The number of anilines is 1. The average molecular weight is 261 g/mol. The number of rotatable bonds is 4. The van der Waals surface area contributed by atoms with Gasteiger partial charge in [0.05, 0.1) is 5.69 Å². The van der Waals surface area contributed by atoms with Crippen molar-refractivity contribution in [3.63, 3.8) is 0 Å². The maximum Gasteiger partial charge on any atom is 0.225 e. The van der Waals surface area contributed by atoms with Crippen molar-refractivity contribution >= 4 is 11.6 Å². The van der Waals surface area contributed by atoms with E-state index in [4.69, 9.17) is 11.0 Å². The molecule has 0 atom stereocenters. The molecule has 0 saturated heterocycles. The number of nitrogens with one attached hydrogen (secondary N) is 1. The number of nitrogens with two attached hydrogens (primary N) is 1. The summed E-state index contributed by atoms with van der Waals surface area (Å²) in [7, 11) is 0. The van der Waals surface area contributed by atoms with Crippen molar-refractivity contribution < 1.29 is 9.18 Å². The molecule has 1 aliphatic carbocycles. The molecule has 0 heterocycles. The molecule has 0 aliphatic heterocycles. The van der Waals surface area contributed by atoms with E-state index in [-0.39, 0.29) is 22.6 Å². The van der Waals surface area contributed by atoms with E-state index in [1.807, 2.05) is 0 Å². The van der Waals surface area contributed by atoms with Gasteiger partial charge in [0, 0.05) is 6.42 Å². The van der Waals surface area contributed by atoms with Gasteiger partial charge in [-0.2, -0.15) is 5.26 Å². The number of nitrogens with zero attached hydrogens (tertiary/aromatic N) is 1. The molecule has 2 rings (SSSR count). The van der Waals surface area contributed by atoms with Crippen LogP contribution in [0.15, 0.2) is 18.2 Å². The highest BCUT2D eigenvalue weighted by molar-refractivity contribution is 5.92. The summed E-state index contributed by atoms with van der Waals surface area (Å²) in [6.07, 6.45) is 3.31. The van der Waals surface area contributed by atoms with Gasteiger partial charge in [0.25, 0.3) is 0 Å². The molecule has 3 N–H and O–H groups in total. The SMILES string of the molecule is N#Cc1c(F)cccc1NC(=O)CC1(CN)CCC1. The summed E-state index contributed by atoms with van der Waals surface area (Å²) in [5.74, 6) is -0.843. The molecule has 5 heteroatoms. The summed E-state index contributed by atoms with van der Waals surface area (Å²) in [4.78, 5) is 12.0. The van der Waals surface area contributed by atoms with Crippen LogP contribution in [-0.4, -0.2) is 12.5 Å². The van der Waals surface area contributed by atoms with Crippen LogP contribution in [0.3, 0.4) is 0 Å². The van der Waals surface area contributed by atoms with Gasteiger partial charge in [-0.25, -0.2) is 4.39 Å². The van der Waals surface area contributed by atoms with E-state index in [2.05, 4.69) is 5.32 Å². The summed E-state index contributed by atoms with van der Waals surface area (Å²) in [5, 5.41) is 11.5. The van der Waals surface area contributed by atoms with Crippen molar-refractivity contribution in [2.45, 2.75) is 25.7 Å². The van der Waals surface area contributed by atoms with Gasteiger partial charge in [-0.3, -0.25) is 4.79 Å². The first-order valence-corrected chi connectivity index (χ1v) is 6.29. The fourth-order valence-electron chi connectivity index (χ4n) is 2.41. The first-order chi connectivity index (χ1) is 9.10. The van der Waals surface area contributed by atoms with Gasteiger partial charge in [0.1, 0.15) is 17.4 Å². The Labute approximate surface area is 111 Å². The number of carbonyl (C=O) groups excluding carboxylic acids is 1. The highest BCUT2D eigenvalue weighted by Crippen LogP contribution is 2.43. The topological polar surface area (TPSA) is 78.9 Å². The Hall–Kier alpha value is -1.93. The van der Waals surface area contributed by atoms with Crippen molar-refractivity contribution in [3.8, 4) is 6.07 Å². The molecule has 1 aromatic rings. The number of benzene rings is 1. The maximum absolute atomic E-state index is 13.4. The van der Waals surface area contributed by atoms with Crippen LogP contribution in [0, 0.1) is 22.6 Å². The van der Waals surface area contributed by atoms with Crippen molar-refractivity contribution in [1.82, 2.24) is 0 Å². The van der Waals surface area contributed by atoms with Crippen LogP contribution in [0.4, 0.5) is 10.1 Å². The van der Waals surface area contributed by atoms with Crippen molar-refractivity contribution in [3.05, 3.63) is 29.6 Å². The van der Waals surface area contributed by atoms with Crippen LogP contribution in [-0.2, 0) is 4.79 Å². The minimum Gasteiger partial charge on any atom is -0.330 e. The molecule has 0 unspecified atom stereocenters. The van der Waals surface area contributed by atoms with Crippen molar-refractivity contribution in [1.29, 1.82) is 5.26 Å². The predicted molar refractivity (Wildman–Crippen MR) is 69.7 cm³/mol. The monoisotopic (exact) mass is 261 g/mol. The average Bonchev–Trinajstić information content (AvgIpc) is 2.34. The molecule has 1 fully saturated rings. The first kappa shape index (κ1) is 13.5. The lowest BCUT2D eigenvalue weighted by atomic mass is 9.66. The van der Waals surface area contributed by atoms with Gasteiger partial charge in [-0.05, 0) is 36.9 Å². The number of hydrogen-bond acceptors (Lipinski definition) is 3. The molecule has 0 aromatic heterocycles. The predicted octanol–water partition coefficient (Wildman–Crippen LogP) is 2.15. The molecule has 1 aromatic carbocycles. The molecule has 4 nitrogen and oxygen atoms in total. The lowest BCUT2D eigenvalue weighted by Crippen LogP contribution is -2.40. The van der Waals surface area contributed by atoms with E-state index in [9.17, 15) is 9.18 Å². The third-order valence-electron chi connectivity index (χ3n) is 3.78. The second-order valence-electron chi connectivity index (χ2n) is 5.06. The first-order valence-electron chi connectivity index (χ1n) is 6.29. The van der Waals surface area contributed by atoms with Gasteiger partial charge in [-0.1, -0.05) is 12.5 Å². The van der Waals surface area contributed by atoms with Crippen LogP contribution in [0.2, 0.25) is 0 Å². The van der Waals surface area contributed by atoms with Crippen molar-refractivity contribution in [2.75, 3.05) is 11.9 Å². The Morgan fingerprint density at radius 3 is 2.79 bits per heavy atom. The Kier molecular flexibility index (Phi) is 3.82. The molecule has 1 amide bonds. The van der Waals surface area contributed by atoms with Gasteiger partial charge in [-0.15, -0.1) is 0 Å². The molecule has 100 valence electrons. The fourth-order valence-corrected chi connectivity index (χ4v) is 2.41.